The standard InChI is InChI=1S/C23H27N3O5S/c27-22(24-13-15-25(16-14-24)23(28)29)19-11-12-21(18-7-3-1-4-8-18)26(17-19)32(30,31)20-9-5-2-6-10-20/h1-10,19,21H,11-17H2,(H,28,29). The minimum absolute atomic E-state index is 0.102. The van der Waals surface area contributed by atoms with Crippen molar-refractivity contribution in [1.29, 1.82) is 0 Å². The smallest absolute Gasteiger partial charge is 0.407 e. The van der Waals surface area contributed by atoms with Gasteiger partial charge in [0.1, 0.15) is 0 Å². The molecule has 2 aromatic rings. The van der Waals surface area contributed by atoms with Gasteiger partial charge in [-0.25, -0.2) is 13.2 Å². The molecule has 0 spiro atoms. The Balaban J connectivity index is 1.57. The number of carbonyl (C=O) groups is 2. The molecule has 1 N–H and O–H groups in total. The Bertz CT molecular complexity index is 1050. The normalized spacial score (nSPS) is 22.5. The highest BCUT2D eigenvalue weighted by Gasteiger charge is 2.41. The third-order valence-electron chi connectivity index (χ3n) is 6.28. The summed E-state index contributed by atoms with van der Waals surface area (Å²) in [6, 6.07) is 17.5. The SMILES string of the molecule is O=C(O)N1CCN(C(=O)C2CCC(c3ccccc3)N(S(=O)(=O)c3ccccc3)C2)CC1. The van der Waals surface area contributed by atoms with Crippen molar-refractivity contribution in [3.8, 4) is 0 Å². The molecule has 2 atom stereocenters. The van der Waals surface area contributed by atoms with Crippen LogP contribution in [0.3, 0.4) is 0 Å². The fourth-order valence-corrected chi connectivity index (χ4v) is 6.23. The average molecular weight is 458 g/mol. The molecule has 8 nitrogen and oxygen atoms in total. The lowest BCUT2D eigenvalue weighted by molar-refractivity contribution is -0.138. The summed E-state index contributed by atoms with van der Waals surface area (Å²) in [4.78, 5) is 27.5. The Morgan fingerprint density at radius 1 is 0.812 bits per heavy atom. The molecular formula is C23H27N3O5S. The van der Waals surface area contributed by atoms with Crippen molar-refractivity contribution in [1.82, 2.24) is 14.1 Å². The highest BCUT2D eigenvalue weighted by atomic mass is 32.2. The van der Waals surface area contributed by atoms with Crippen LogP contribution in [0, 0.1) is 5.92 Å². The first-order valence-corrected chi connectivity index (χ1v) is 12.2. The monoisotopic (exact) mass is 457 g/mol. The van der Waals surface area contributed by atoms with E-state index in [0.29, 0.717) is 25.9 Å². The van der Waals surface area contributed by atoms with Crippen molar-refractivity contribution in [3.63, 3.8) is 0 Å². The molecule has 32 heavy (non-hydrogen) atoms. The fourth-order valence-electron chi connectivity index (χ4n) is 4.52. The van der Waals surface area contributed by atoms with Crippen LogP contribution in [0.1, 0.15) is 24.4 Å². The number of carbonyl (C=O) groups excluding carboxylic acids is 1. The molecule has 0 radical (unpaired) electrons. The summed E-state index contributed by atoms with van der Waals surface area (Å²) >= 11 is 0. The topological polar surface area (TPSA) is 98.2 Å². The third kappa shape index (κ3) is 4.49. The number of sulfonamides is 1. The number of carboxylic acid groups (broad SMARTS) is 1. The number of benzene rings is 2. The van der Waals surface area contributed by atoms with Crippen LogP contribution >= 0.6 is 0 Å². The van der Waals surface area contributed by atoms with Gasteiger partial charge in [0.2, 0.25) is 15.9 Å². The molecule has 4 rings (SSSR count). The predicted molar refractivity (Wildman–Crippen MR) is 118 cm³/mol. The zero-order valence-electron chi connectivity index (χ0n) is 17.7. The van der Waals surface area contributed by atoms with Crippen LogP contribution in [0.2, 0.25) is 0 Å². The first kappa shape index (κ1) is 22.3. The van der Waals surface area contributed by atoms with E-state index >= 15 is 0 Å². The number of piperidine rings is 1. The number of piperazine rings is 1. The summed E-state index contributed by atoms with van der Waals surface area (Å²) in [5, 5.41) is 9.13. The Morgan fingerprint density at radius 3 is 1.97 bits per heavy atom. The van der Waals surface area contributed by atoms with E-state index in [1.807, 2.05) is 30.3 Å². The Labute approximate surface area is 188 Å². The molecule has 9 heteroatoms. The van der Waals surface area contributed by atoms with Gasteiger partial charge in [-0.15, -0.1) is 0 Å². The lowest BCUT2D eigenvalue weighted by Crippen LogP contribution is -2.54. The van der Waals surface area contributed by atoms with Gasteiger partial charge in [-0.1, -0.05) is 48.5 Å². The summed E-state index contributed by atoms with van der Waals surface area (Å²) in [6.07, 6.45) is 0.139. The Hall–Kier alpha value is -2.91. The number of nitrogens with zero attached hydrogens (tertiary/aromatic N) is 3. The summed E-state index contributed by atoms with van der Waals surface area (Å²) in [6.45, 7) is 1.30. The third-order valence-corrected chi connectivity index (χ3v) is 8.17. The highest BCUT2D eigenvalue weighted by Crippen LogP contribution is 2.38. The Morgan fingerprint density at radius 2 is 1.38 bits per heavy atom. The zero-order chi connectivity index (χ0) is 22.7. The molecule has 0 aliphatic carbocycles. The van der Waals surface area contributed by atoms with E-state index in [0.717, 1.165) is 5.56 Å². The van der Waals surface area contributed by atoms with Crippen molar-refractivity contribution in [2.24, 2.45) is 5.92 Å². The van der Waals surface area contributed by atoms with Gasteiger partial charge in [-0.05, 0) is 30.5 Å². The lowest BCUT2D eigenvalue weighted by atomic mass is 9.90. The zero-order valence-corrected chi connectivity index (χ0v) is 18.5. The summed E-state index contributed by atoms with van der Waals surface area (Å²) in [5.41, 5.74) is 0.910. The fraction of sp³-hybridized carbons (Fsp3) is 0.391. The highest BCUT2D eigenvalue weighted by molar-refractivity contribution is 7.89. The van der Waals surface area contributed by atoms with Gasteiger partial charge in [0.05, 0.1) is 16.9 Å². The molecule has 2 saturated heterocycles. The molecule has 2 aromatic carbocycles. The van der Waals surface area contributed by atoms with Crippen LogP contribution in [-0.2, 0) is 14.8 Å². The Kier molecular flexibility index (Phi) is 6.48. The van der Waals surface area contributed by atoms with E-state index < -0.39 is 22.0 Å². The second-order valence-electron chi connectivity index (χ2n) is 8.18. The van der Waals surface area contributed by atoms with E-state index in [1.165, 1.54) is 9.21 Å². The van der Waals surface area contributed by atoms with E-state index in [1.54, 1.807) is 35.2 Å². The van der Waals surface area contributed by atoms with Crippen LogP contribution in [-0.4, -0.2) is 72.4 Å². The maximum atomic E-state index is 13.6. The molecule has 170 valence electrons. The van der Waals surface area contributed by atoms with Crippen LogP contribution in [0.5, 0.6) is 0 Å². The summed E-state index contributed by atoms with van der Waals surface area (Å²) < 4.78 is 28.6. The van der Waals surface area contributed by atoms with Gasteiger partial charge in [0, 0.05) is 32.7 Å². The largest absolute Gasteiger partial charge is 0.465 e. The molecule has 0 saturated carbocycles. The van der Waals surface area contributed by atoms with Gasteiger partial charge < -0.3 is 14.9 Å². The minimum Gasteiger partial charge on any atom is -0.465 e. The van der Waals surface area contributed by atoms with Crippen LogP contribution in [0.4, 0.5) is 4.79 Å². The van der Waals surface area contributed by atoms with Crippen molar-refractivity contribution in [3.05, 3.63) is 66.2 Å². The van der Waals surface area contributed by atoms with Crippen LogP contribution in [0.15, 0.2) is 65.6 Å². The predicted octanol–water partition coefficient (Wildman–Crippen LogP) is 2.65. The lowest BCUT2D eigenvalue weighted by Gasteiger charge is -2.41. The number of rotatable bonds is 4. The first-order valence-electron chi connectivity index (χ1n) is 10.8. The van der Waals surface area contributed by atoms with E-state index in [2.05, 4.69) is 0 Å². The summed E-state index contributed by atoms with van der Waals surface area (Å²) in [5.74, 6) is -0.556. The van der Waals surface area contributed by atoms with E-state index in [-0.39, 0.29) is 36.5 Å². The molecule has 2 fully saturated rings. The number of hydrogen-bond acceptors (Lipinski definition) is 4. The van der Waals surface area contributed by atoms with Crippen molar-refractivity contribution < 1.29 is 23.1 Å². The molecular weight excluding hydrogens is 430 g/mol. The van der Waals surface area contributed by atoms with Crippen molar-refractivity contribution in [2.45, 2.75) is 23.8 Å². The molecule has 2 unspecified atom stereocenters. The molecule has 0 bridgehead atoms. The average Bonchev–Trinajstić information content (AvgIpc) is 2.84. The van der Waals surface area contributed by atoms with Gasteiger partial charge in [0.15, 0.2) is 0 Å². The quantitative estimate of drug-likeness (QED) is 0.761. The number of hydrogen-bond donors (Lipinski definition) is 1. The molecule has 2 aliphatic heterocycles. The minimum atomic E-state index is -3.80. The van der Waals surface area contributed by atoms with Gasteiger partial charge in [0.25, 0.3) is 0 Å². The van der Waals surface area contributed by atoms with Gasteiger partial charge in [-0.2, -0.15) is 4.31 Å². The van der Waals surface area contributed by atoms with E-state index in [9.17, 15) is 18.0 Å². The van der Waals surface area contributed by atoms with Crippen LogP contribution in [0.25, 0.3) is 0 Å². The van der Waals surface area contributed by atoms with Crippen LogP contribution < -0.4 is 0 Å². The summed E-state index contributed by atoms with van der Waals surface area (Å²) in [7, 11) is -3.80. The number of amides is 2. The second-order valence-corrected chi connectivity index (χ2v) is 10.1. The first-order chi connectivity index (χ1) is 15.4. The molecule has 2 amide bonds. The van der Waals surface area contributed by atoms with Gasteiger partial charge >= 0.3 is 6.09 Å². The maximum Gasteiger partial charge on any atom is 0.407 e. The van der Waals surface area contributed by atoms with E-state index in [4.69, 9.17) is 5.11 Å². The molecule has 0 aromatic heterocycles. The van der Waals surface area contributed by atoms with Crippen molar-refractivity contribution in [2.75, 3.05) is 32.7 Å². The van der Waals surface area contributed by atoms with Crippen molar-refractivity contribution >= 4 is 22.0 Å². The second kappa shape index (κ2) is 9.30. The molecule has 2 heterocycles. The molecule has 2 aliphatic rings. The maximum absolute atomic E-state index is 13.6. The van der Waals surface area contributed by atoms with Gasteiger partial charge in [-0.3, -0.25) is 4.79 Å².